The smallest absolute Gasteiger partial charge is 0.0535 e. The van der Waals surface area contributed by atoms with Crippen LogP contribution < -0.4 is 0 Å². The van der Waals surface area contributed by atoms with Crippen LogP contribution in [0.1, 0.15) is 22.3 Å². The fourth-order valence-electron chi connectivity index (χ4n) is 10.8. The van der Waals surface area contributed by atoms with Crippen LogP contribution in [0.4, 0.5) is 0 Å². The van der Waals surface area contributed by atoms with E-state index < -0.39 is 0 Å². The van der Waals surface area contributed by atoms with Crippen molar-refractivity contribution < 1.29 is 0 Å². The van der Waals surface area contributed by atoms with Crippen LogP contribution in [0.25, 0.3) is 111 Å². The normalized spacial score (nSPS) is 11.5. The molecule has 12 aromatic rings. The first-order valence-corrected chi connectivity index (χ1v) is 23.7. The third kappa shape index (κ3) is 6.79. The Morgan fingerprint density at radius 2 is 0.647 bits per heavy atom. The Bertz CT molecular complexity index is 3710. The summed E-state index contributed by atoms with van der Waals surface area (Å²) in [7, 11) is 0. The maximum Gasteiger partial charge on any atom is 0.0535 e. The molecule has 0 unspecified atom stereocenters. The van der Waals surface area contributed by atoms with Gasteiger partial charge in [-0.1, -0.05) is 182 Å². The lowest BCUT2D eigenvalue weighted by Gasteiger charge is -2.24. The SMILES string of the molecule is Cc1cc(C)c(C)c(-c2c3cc(-n4c(-c5ccccc5)ccc4-c4ccccc4)ccc3c(-c3cccc4ccccc34)c3cc(-n4c(-c5ccccc5)ccc4-c4ccccc4)ccc23)c1C. The summed E-state index contributed by atoms with van der Waals surface area (Å²) >= 11 is 0. The quantitative estimate of drug-likeness (QED) is 0.135. The highest BCUT2D eigenvalue weighted by atomic mass is 15.0. The predicted molar refractivity (Wildman–Crippen MR) is 289 cm³/mol. The van der Waals surface area contributed by atoms with Gasteiger partial charge in [0.05, 0.1) is 22.8 Å². The van der Waals surface area contributed by atoms with Gasteiger partial charge in [-0.05, 0) is 175 Å². The third-order valence-electron chi connectivity index (χ3n) is 14.3. The lowest BCUT2D eigenvalue weighted by Crippen LogP contribution is -2.03. The summed E-state index contributed by atoms with van der Waals surface area (Å²) in [6.45, 7) is 9.17. The molecule has 0 saturated heterocycles. The standard InChI is InChI=1S/C66H50N2/c1-43-40-44(2)46(4)64(45(43)3)66-57-35-33-52(67-60(48-21-9-5-10-22-48)36-37-61(67)49-23-11-6-12-24-49)41-58(57)65(55-31-19-29-47-20-17-18-30-54(47)55)56-34-32-53(42-59(56)66)68-62(50-25-13-7-14-26-50)38-39-63(68)51-27-15-8-16-28-51/h5-42H,1-4H3. The van der Waals surface area contributed by atoms with Gasteiger partial charge in [-0.25, -0.2) is 0 Å². The molecule has 10 aromatic carbocycles. The lowest BCUT2D eigenvalue weighted by atomic mass is 9.81. The maximum absolute atomic E-state index is 2.48. The van der Waals surface area contributed by atoms with Gasteiger partial charge in [0.2, 0.25) is 0 Å². The van der Waals surface area contributed by atoms with E-state index in [4.69, 9.17) is 0 Å². The summed E-state index contributed by atoms with van der Waals surface area (Å²) < 4.78 is 4.92. The van der Waals surface area contributed by atoms with E-state index in [-0.39, 0.29) is 0 Å². The zero-order chi connectivity index (χ0) is 45.9. The number of fused-ring (bicyclic) bond motifs is 3. The van der Waals surface area contributed by atoms with Gasteiger partial charge in [0.15, 0.2) is 0 Å². The molecule has 0 bridgehead atoms. The minimum absolute atomic E-state index is 1.12. The molecule has 0 aliphatic heterocycles. The Kier molecular flexibility index (Phi) is 10.1. The molecule has 0 saturated carbocycles. The van der Waals surface area contributed by atoms with Crippen molar-refractivity contribution in [1.29, 1.82) is 0 Å². The maximum atomic E-state index is 2.48. The first kappa shape index (κ1) is 41.0. The zero-order valence-electron chi connectivity index (χ0n) is 38.8. The van der Waals surface area contributed by atoms with Crippen molar-refractivity contribution in [2.75, 3.05) is 0 Å². The molecule has 0 amide bonds. The molecule has 68 heavy (non-hydrogen) atoms. The Morgan fingerprint density at radius 3 is 1.10 bits per heavy atom. The molecule has 2 nitrogen and oxygen atoms in total. The van der Waals surface area contributed by atoms with E-state index in [0.717, 1.165) is 34.2 Å². The lowest BCUT2D eigenvalue weighted by molar-refractivity contribution is 1.10. The molecule has 2 aromatic heterocycles. The van der Waals surface area contributed by atoms with Crippen LogP contribution in [-0.4, -0.2) is 9.13 Å². The van der Waals surface area contributed by atoms with Crippen molar-refractivity contribution in [1.82, 2.24) is 9.13 Å². The Morgan fingerprint density at radius 1 is 0.265 bits per heavy atom. The number of nitrogens with zero attached hydrogens (tertiary/aromatic N) is 2. The largest absolute Gasteiger partial charge is 0.309 e. The van der Waals surface area contributed by atoms with E-state index in [2.05, 4.69) is 267 Å². The van der Waals surface area contributed by atoms with Crippen molar-refractivity contribution in [3.8, 4) is 78.7 Å². The second-order valence-electron chi connectivity index (χ2n) is 18.2. The number of hydrogen-bond donors (Lipinski definition) is 0. The molecule has 0 aliphatic carbocycles. The van der Waals surface area contributed by atoms with Gasteiger partial charge in [0.1, 0.15) is 0 Å². The van der Waals surface area contributed by atoms with Crippen molar-refractivity contribution in [2.24, 2.45) is 0 Å². The van der Waals surface area contributed by atoms with Crippen molar-refractivity contribution in [3.05, 3.63) is 253 Å². The summed E-state index contributed by atoms with van der Waals surface area (Å²) in [4.78, 5) is 0. The molecule has 2 heterocycles. The second-order valence-corrected chi connectivity index (χ2v) is 18.2. The van der Waals surface area contributed by atoms with E-state index in [0.29, 0.717) is 0 Å². The van der Waals surface area contributed by atoms with Crippen LogP contribution in [0.2, 0.25) is 0 Å². The van der Waals surface area contributed by atoms with Crippen LogP contribution in [-0.2, 0) is 0 Å². The van der Waals surface area contributed by atoms with Crippen LogP contribution >= 0.6 is 0 Å². The molecule has 0 radical (unpaired) electrons. The van der Waals surface area contributed by atoms with Crippen LogP contribution in [0, 0.1) is 27.7 Å². The number of aryl methyl sites for hydroxylation is 2. The van der Waals surface area contributed by atoms with E-state index in [1.807, 2.05) is 0 Å². The van der Waals surface area contributed by atoms with Crippen LogP contribution in [0.5, 0.6) is 0 Å². The van der Waals surface area contributed by atoms with Gasteiger partial charge >= 0.3 is 0 Å². The Labute approximate surface area is 398 Å². The molecule has 12 rings (SSSR count). The first-order chi connectivity index (χ1) is 33.4. The molecule has 0 spiro atoms. The van der Waals surface area contributed by atoms with Gasteiger partial charge < -0.3 is 9.13 Å². The average Bonchev–Trinajstić information content (AvgIpc) is 4.05. The summed E-state index contributed by atoms with van der Waals surface area (Å²) in [6, 6.07) is 84.8. The molecule has 324 valence electrons. The average molecular weight is 871 g/mol. The van der Waals surface area contributed by atoms with E-state index >= 15 is 0 Å². The number of aromatic nitrogens is 2. The van der Waals surface area contributed by atoms with Gasteiger partial charge in [0, 0.05) is 11.4 Å². The molecule has 0 N–H and O–H groups in total. The molecule has 0 atom stereocenters. The van der Waals surface area contributed by atoms with E-state index in [9.17, 15) is 0 Å². The van der Waals surface area contributed by atoms with Crippen LogP contribution in [0.3, 0.4) is 0 Å². The van der Waals surface area contributed by atoms with Gasteiger partial charge in [0.25, 0.3) is 0 Å². The highest BCUT2D eigenvalue weighted by molar-refractivity contribution is 6.24. The highest BCUT2D eigenvalue weighted by Crippen LogP contribution is 2.49. The molecule has 0 fully saturated rings. The number of benzene rings is 10. The molecule has 0 aliphatic rings. The van der Waals surface area contributed by atoms with Crippen molar-refractivity contribution in [2.45, 2.75) is 27.7 Å². The fraction of sp³-hybridized carbons (Fsp3) is 0.0606. The van der Waals surface area contributed by atoms with E-state index in [1.165, 1.54) is 99.1 Å². The van der Waals surface area contributed by atoms with Gasteiger partial charge in [-0.2, -0.15) is 0 Å². The number of hydrogen-bond acceptors (Lipinski definition) is 0. The molecule has 2 heteroatoms. The summed E-state index contributed by atoms with van der Waals surface area (Å²) in [5.74, 6) is 0. The van der Waals surface area contributed by atoms with Gasteiger partial charge in [-0.3, -0.25) is 0 Å². The van der Waals surface area contributed by atoms with Crippen molar-refractivity contribution >= 4 is 32.3 Å². The summed E-state index contributed by atoms with van der Waals surface area (Å²) in [5.41, 5.74) is 21.8. The van der Waals surface area contributed by atoms with Crippen LogP contribution in [0.15, 0.2) is 231 Å². The topological polar surface area (TPSA) is 9.86 Å². The van der Waals surface area contributed by atoms with Gasteiger partial charge in [-0.15, -0.1) is 0 Å². The fourth-order valence-corrected chi connectivity index (χ4v) is 10.8. The highest BCUT2D eigenvalue weighted by Gasteiger charge is 2.25. The third-order valence-corrected chi connectivity index (χ3v) is 14.3. The second kappa shape index (κ2) is 16.8. The van der Waals surface area contributed by atoms with Crippen molar-refractivity contribution in [3.63, 3.8) is 0 Å². The minimum atomic E-state index is 1.12. The monoisotopic (exact) mass is 870 g/mol. The predicted octanol–water partition coefficient (Wildman–Crippen LogP) is 18.0. The summed E-state index contributed by atoms with van der Waals surface area (Å²) in [6.07, 6.45) is 0. The molecular formula is C66H50N2. The number of rotatable bonds is 8. The minimum Gasteiger partial charge on any atom is -0.309 e. The van der Waals surface area contributed by atoms with E-state index in [1.54, 1.807) is 0 Å². The summed E-state index contributed by atoms with van der Waals surface area (Å²) in [5, 5.41) is 7.35. The Balaban J connectivity index is 1.25. The zero-order valence-corrected chi connectivity index (χ0v) is 38.8. The first-order valence-electron chi connectivity index (χ1n) is 23.7. The molecular weight excluding hydrogens is 821 g/mol. The Hall–Kier alpha value is -8.46.